The number of hydrogen-bond acceptors (Lipinski definition) is 2. The Kier molecular flexibility index (Phi) is 7.48. The molecule has 1 heterocycles. The second kappa shape index (κ2) is 8.67. The van der Waals surface area contributed by atoms with E-state index in [1.165, 1.54) is 12.1 Å². The van der Waals surface area contributed by atoms with Gasteiger partial charge in [0.15, 0.2) is 0 Å². The number of halogens is 5. The van der Waals surface area contributed by atoms with E-state index >= 15 is 0 Å². The summed E-state index contributed by atoms with van der Waals surface area (Å²) in [6, 6.07) is 3.70. The second-order valence-corrected chi connectivity index (χ2v) is 6.01. The topological polar surface area (TPSA) is 41.1 Å². The molecular weight excluding hydrogens is 348 g/mol. The van der Waals surface area contributed by atoms with E-state index in [1.807, 2.05) is 6.92 Å². The van der Waals surface area contributed by atoms with Crippen LogP contribution in [0.2, 0.25) is 0 Å². The first-order chi connectivity index (χ1) is 10.7. The average molecular weight is 369 g/mol. The fraction of sp³-hybridized carbons (Fsp3) is 0.562. The Balaban J connectivity index is 0.00000288. The summed E-state index contributed by atoms with van der Waals surface area (Å²) in [4.78, 5) is 12.3. The molecule has 3 atom stereocenters. The second-order valence-electron chi connectivity index (χ2n) is 6.01. The van der Waals surface area contributed by atoms with Crippen LogP contribution in [0.15, 0.2) is 24.3 Å². The number of nitrogens with one attached hydrogen (secondary N) is 2. The largest absolute Gasteiger partial charge is 0.391 e. The minimum atomic E-state index is -4.42. The lowest BCUT2D eigenvalue weighted by atomic mass is 9.91. The zero-order valence-corrected chi connectivity index (χ0v) is 14.0. The fourth-order valence-electron chi connectivity index (χ4n) is 2.84. The third-order valence-corrected chi connectivity index (χ3v) is 4.02. The molecule has 136 valence electrons. The molecule has 8 heteroatoms. The van der Waals surface area contributed by atoms with Crippen molar-refractivity contribution >= 4 is 18.3 Å². The quantitative estimate of drug-likeness (QED) is 0.795. The molecule has 2 N–H and O–H groups in total. The van der Waals surface area contributed by atoms with Gasteiger partial charge in [-0.15, -0.1) is 12.4 Å². The van der Waals surface area contributed by atoms with Crippen LogP contribution in [-0.4, -0.2) is 24.7 Å². The molecule has 1 fully saturated rings. The van der Waals surface area contributed by atoms with Crippen molar-refractivity contribution in [2.45, 2.75) is 44.4 Å². The van der Waals surface area contributed by atoms with Gasteiger partial charge in [-0.25, -0.2) is 4.39 Å². The van der Waals surface area contributed by atoms with Gasteiger partial charge in [0.25, 0.3) is 0 Å². The summed E-state index contributed by atoms with van der Waals surface area (Å²) >= 11 is 0. The zero-order valence-electron chi connectivity index (χ0n) is 13.2. The first kappa shape index (κ1) is 20.7. The van der Waals surface area contributed by atoms with Crippen LogP contribution >= 0.6 is 12.4 Å². The van der Waals surface area contributed by atoms with Crippen molar-refractivity contribution in [1.29, 1.82) is 0 Å². The summed E-state index contributed by atoms with van der Waals surface area (Å²) < 4.78 is 51.3. The number of rotatable bonds is 4. The summed E-state index contributed by atoms with van der Waals surface area (Å²) in [5.74, 6) is -1.21. The summed E-state index contributed by atoms with van der Waals surface area (Å²) in [7, 11) is 0. The smallest absolute Gasteiger partial charge is 0.349 e. The maximum absolute atomic E-state index is 13.0. The lowest BCUT2D eigenvalue weighted by molar-refractivity contribution is -0.144. The van der Waals surface area contributed by atoms with E-state index in [0.29, 0.717) is 19.4 Å². The summed E-state index contributed by atoms with van der Waals surface area (Å²) in [6.07, 6.45) is -4.41. The minimum absolute atomic E-state index is 0. The van der Waals surface area contributed by atoms with Gasteiger partial charge in [0.05, 0.1) is 12.5 Å². The molecule has 1 saturated heterocycles. The fourth-order valence-corrected chi connectivity index (χ4v) is 2.84. The predicted octanol–water partition coefficient (Wildman–Crippen LogP) is 3.75. The maximum atomic E-state index is 13.0. The summed E-state index contributed by atoms with van der Waals surface area (Å²) in [5.41, 5.74) is 0.249. The molecular formula is C16H21ClF4N2O. The predicted molar refractivity (Wildman–Crippen MR) is 85.4 cm³/mol. The molecule has 1 aromatic rings. The average Bonchev–Trinajstić information content (AvgIpc) is 2.46. The summed E-state index contributed by atoms with van der Waals surface area (Å²) in [5, 5.41) is 5.69. The van der Waals surface area contributed by atoms with Crippen molar-refractivity contribution in [3.05, 3.63) is 35.6 Å². The minimum Gasteiger partial charge on any atom is -0.349 e. The molecule has 2 rings (SSSR count). The van der Waals surface area contributed by atoms with E-state index in [4.69, 9.17) is 0 Å². The van der Waals surface area contributed by atoms with E-state index in [-0.39, 0.29) is 35.8 Å². The molecule has 1 unspecified atom stereocenters. The van der Waals surface area contributed by atoms with E-state index in [0.717, 1.165) is 12.1 Å². The molecule has 0 saturated carbocycles. The van der Waals surface area contributed by atoms with Gasteiger partial charge in [-0.2, -0.15) is 13.2 Å². The Morgan fingerprint density at radius 3 is 2.50 bits per heavy atom. The normalized spacial score (nSPS) is 22.4. The van der Waals surface area contributed by atoms with E-state index in [1.54, 1.807) is 0 Å². The van der Waals surface area contributed by atoms with Gasteiger partial charge in [0.2, 0.25) is 5.91 Å². The molecule has 0 spiro atoms. The van der Waals surface area contributed by atoms with Gasteiger partial charge >= 0.3 is 6.18 Å². The van der Waals surface area contributed by atoms with Crippen molar-refractivity contribution < 1.29 is 22.4 Å². The van der Waals surface area contributed by atoms with Crippen LogP contribution in [0, 0.1) is 11.7 Å². The Labute approximate surface area is 144 Å². The zero-order chi connectivity index (χ0) is 17.0. The molecule has 1 aromatic carbocycles. The van der Waals surface area contributed by atoms with Crippen molar-refractivity contribution in [3.63, 3.8) is 0 Å². The van der Waals surface area contributed by atoms with Crippen LogP contribution in [0.5, 0.6) is 0 Å². The highest BCUT2D eigenvalue weighted by atomic mass is 35.5. The highest BCUT2D eigenvalue weighted by Crippen LogP contribution is 2.30. The first-order valence-electron chi connectivity index (χ1n) is 7.60. The Bertz CT molecular complexity index is 536. The first-order valence-corrected chi connectivity index (χ1v) is 7.60. The lowest BCUT2D eigenvalue weighted by Crippen LogP contribution is -2.43. The lowest BCUT2D eigenvalue weighted by Gasteiger charge is -2.29. The summed E-state index contributed by atoms with van der Waals surface area (Å²) in [6.45, 7) is 2.60. The number of alkyl halides is 3. The number of carbonyl (C=O) groups is 1. The van der Waals surface area contributed by atoms with E-state index < -0.39 is 24.5 Å². The molecule has 0 bridgehead atoms. The van der Waals surface area contributed by atoms with Gasteiger partial charge in [0, 0.05) is 12.0 Å². The molecule has 3 nitrogen and oxygen atoms in total. The molecule has 0 aromatic heterocycles. The number of carbonyl (C=O) groups excluding carboxylic acids is 1. The van der Waals surface area contributed by atoms with Gasteiger partial charge in [-0.3, -0.25) is 4.79 Å². The maximum Gasteiger partial charge on any atom is 0.391 e. The highest BCUT2D eigenvalue weighted by molar-refractivity contribution is 5.85. The third-order valence-electron chi connectivity index (χ3n) is 4.02. The van der Waals surface area contributed by atoms with Crippen LogP contribution in [0.4, 0.5) is 17.6 Å². The van der Waals surface area contributed by atoms with Gasteiger partial charge in [0.1, 0.15) is 5.82 Å². The molecule has 0 radical (unpaired) electrons. The standard InChI is InChI=1S/C16H20F4N2O.ClH/c1-10-8-12(6-7-21-10)15(23)22-14(9-16(18,19)20)11-2-4-13(17)5-3-11;/h2-5,10,12,14,21H,6-9H2,1H3,(H,22,23);1H/t10-,12-,14?;/m0./s1. The van der Waals surface area contributed by atoms with Crippen molar-refractivity contribution in [1.82, 2.24) is 10.6 Å². The van der Waals surface area contributed by atoms with Gasteiger partial charge in [-0.05, 0) is 44.0 Å². The van der Waals surface area contributed by atoms with Crippen LogP contribution in [0.25, 0.3) is 0 Å². The van der Waals surface area contributed by atoms with Crippen LogP contribution < -0.4 is 10.6 Å². The third kappa shape index (κ3) is 6.28. The van der Waals surface area contributed by atoms with E-state index in [9.17, 15) is 22.4 Å². The monoisotopic (exact) mass is 368 g/mol. The number of benzene rings is 1. The van der Waals surface area contributed by atoms with Gasteiger partial charge in [-0.1, -0.05) is 12.1 Å². The molecule has 0 aliphatic carbocycles. The van der Waals surface area contributed by atoms with Crippen LogP contribution in [0.1, 0.15) is 37.8 Å². The highest BCUT2D eigenvalue weighted by Gasteiger charge is 2.35. The van der Waals surface area contributed by atoms with Crippen LogP contribution in [-0.2, 0) is 4.79 Å². The van der Waals surface area contributed by atoms with Crippen LogP contribution in [0.3, 0.4) is 0 Å². The molecule has 1 aliphatic heterocycles. The molecule has 24 heavy (non-hydrogen) atoms. The van der Waals surface area contributed by atoms with Crippen molar-refractivity contribution in [2.24, 2.45) is 5.92 Å². The number of piperidine rings is 1. The molecule has 1 amide bonds. The Hall–Kier alpha value is -1.34. The van der Waals surface area contributed by atoms with E-state index in [2.05, 4.69) is 10.6 Å². The van der Waals surface area contributed by atoms with Crippen molar-refractivity contribution in [3.8, 4) is 0 Å². The molecule has 1 aliphatic rings. The SMILES string of the molecule is C[C@H]1C[C@@H](C(=O)NC(CC(F)(F)F)c2ccc(F)cc2)CCN1.Cl. The van der Waals surface area contributed by atoms with Gasteiger partial charge < -0.3 is 10.6 Å². The Morgan fingerprint density at radius 1 is 1.33 bits per heavy atom. The Morgan fingerprint density at radius 2 is 1.96 bits per heavy atom. The van der Waals surface area contributed by atoms with Crippen molar-refractivity contribution in [2.75, 3.05) is 6.54 Å². The number of amides is 1. The number of hydrogen-bond donors (Lipinski definition) is 2.